The van der Waals surface area contributed by atoms with E-state index in [9.17, 15) is 0 Å². The molecule has 2 aromatic heterocycles. The van der Waals surface area contributed by atoms with Gasteiger partial charge in [-0.1, -0.05) is 82.8 Å². The molecule has 8 aromatic rings. The molecule has 6 heteroatoms. The zero-order chi connectivity index (χ0) is 25.7. The SMILES string of the molecule is Clc1cccc2c1c(Cl)cc1c3cc(-c4ccc5oc6c7cccc(Cl)c7c(Cl)cc6c5c4)ccc3oc21. The van der Waals surface area contributed by atoms with Crippen molar-refractivity contribution in [2.75, 3.05) is 0 Å². The molecule has 0 aliphatic carbocycles. The maximum atomic E-state index is 6.67. The Morgan fingerprint density at radius 1 is 0.395 bits per heavy atom. The van der Waals surface area contributed by atoms with Gasteiger partial charge in [-0.3, -0.25) is 0 Å². The average Bonchev–Trinajstić information content (AvgIpc) is 3.46. The third-order valence-electron chi connectivity index (χ3n) is 7.32. The van der Waals surface area contributed by atoms with Crippen LogP contribution in [0, 0.1) is 0 Å². The highest BCUT2D eigenvalue weighted by Crippen LogP contribution is 2.43. The fourth-order valence-electron chi connectivity index (χ4n) is 5.59. The van der Waals surface area contributed by atoms with Gasteiger partial charge >= 0.3 is 0 Å². The van der Waals surface area contributed by atoms with Crippen LogP contribution in [-0.2, 0) is 0 Å². The largest absolute Gasteiger partial charge is 0.455 e. The Kier molecular flexibility index (Phi) is 4.78. The van der Waals surface area contributed by atoms with Crippen molar-refractivity contribution in [1.82, 2.24) is 0 Å². The van der Waals surface area contributed by atoms with E-state index in [0.29, 0.717) is 20.1 Å². The summed E-state index contributed by atoms with van der Waals surface area (Å²) in [6.45, 7) is 0. The minimum absolute atomic E-state index is 0.599. The summed E-state index contributed by atoms with van der Waals surface area (Å²) in [5.74, 6) is 0. The Hall–Kier alpha value is -3.40. The minimum Gasteiger partial charge on any atom is -0.455 e. The van der Waals surface area contributed by atoms with Gasteiger partial charge in [-0.2, -0.15) is 0 Å². The fraction of sp³-hybridized carbons (Fsp3) is 0. The van der Waals surface area contributed by atoms with Gasteiger partial charge in [0.15, 0.2) is 0 Å². The Labute approximate surface area is 235 Å². The van der Waals surface area contributed by atoms with Crippen molar-refractivity contribution in [3.63, 3.8) is 0 Å². The van der Waals surface area contributed by atoms with Gasteiger partial charge in [-0.05, 0) is 59.7 Å². The molecule has 0 saturated heterocycles. The summed E-state index contributed by atoms with van der Waals surface area (Å²) in [5.41, 5.74) is 5.22. The van der Waals surface area contributed by atoms with Gasteiger partial charge in [-0.15, -0.1) is 0 Å². The fourth-order valence-corrected chi connectivity index (χ4v) is 6.86. The molecule has 0 unspecified atom stereocenters. The lowest BCUT2D eigenvalue weighted by molar-refractivity contribution is 0.672. The molecule has 0 N–H and O–H groups in total. The van der Waals surface area contributed by atoms with Gasteiger partial charge in [0.25, 0.3) is 0 Å². The van der Waals surface area contributed by atoms with E-state index in [0.717, 1.165) is 76.5 Å². The van der Waals surface area contributed by atoms with E-state index in [4.69, 9.17) is 55.2 Å². The molecule has 0 amide bonds. The first-order valence-electron chi connectivity index (χ1n) is 11.9. The third kappa shape index (κ3) is 3.09. The van der Waals surface area contributed by atoms with Crippen LogP contribution in [0.1, 0.15) is 0 Å². The summed E-state index contributed by atoms with van der Waals surface area (Å²) >= 11 is 26.2. The van der Waals surface area contributed by atoms with Crippen molar-refractivity contribution in [2.45, 2.75) is 0 Å². The van der Waals surface area contributed by atoms with Crippen LogP contribution in [0.25, 0.3) is 76.5 Å². The van der Waals surface area contributed by atoms with E-state index in [1.54, 1.807) is 0 Å². The summed E-state index contributed by atoms with van der Waals surface area (Å²) in [5, 5.41) is 9.67. The highest BCUT2D eigenvalue weighted by molar-refractivity contribution is 6.45. The molecule has 0 atom stereocenters. The van der Waals surface area contributed by atoms with E-state index in [1.807, 2.05) is 60.7 Å². The Bertz CT molecular complexity index is 2130. The van der Waals surface area contributed by atoms with Gasteiger partial charge in [0.2, 0.25) is 0 Å². The van der Waals surface area contributed by atoms with Gasteiger partial charge in [0.05, 0.1) is 20.1 Å². The monoisotopic (exact) mass is 570 g/mol. The van der Waals surface area contributed by atoms with Crippen molar-refractivity contribution in [3.05, 3.63) is 105 Å². The van der Waals surface area contributed by atoms with Gasteiger partial charge in [0, 0.05) is 43.1 Å². The molecule has 0 radical (unpaired) electrons. The van der Waals surface area contributed by atoms with E-state index in [2.05, 4.69) is 24.3 Å². The molecule has 0 aliphatic heterocycles. The summed E-state index contributed by atoms with van der Waals surface area (Å²) < 4.78 is 12.6. The number of hydrogen-bond donors (Lipinski definition) is 0. The predicted molar refractivity (Wildman–Crippen MR) is 161 cm³/mol. The van der Waals surface area contributed by atoms with E-state index in [-0.39, 0.29) is 0 Å². The van der Waals surface area contributed by atoms with Crippen LogP contribution < -0.4 is 0 Å². The number of benzene rings is 6. The Morgan fingerprint density at radius 2 is 0.842 bits per heavy atom. The second kappa shape index (κ2) is 8.05. The third-order valence-corrected chi connectivity index (χ3v) is 8.55. The van der Waals surface area contributed by atoms with E-state index < -0.39 is 0 Å². The van der Waals surface area contributed by atoms with Gasteiger partial charge in [-0.25, -0.2) is 0 Å². The topological polar surface area (TPSA) is 26.3 Å². The van der Waals surface area contributed by atoms with Crippen molar-refractivity contribution in [3.8, 4) is 11.1 Å². The van der Waals surface area contributed by atoms with Gasteiger partial charge in [0.1, 0.15) is 22.3 Å². The van der Waals surface area contributed by atoms with Crippen molar-refractivity contribution >= 4 is 112 Å². The lowest BCUT2D eigenvalue weighted by atomic mass is 9.99. The average molecular weight is 572 g/mol. The maximum absolute atomic E-state index is 6.67. The number of furan rings is 2. The zero-order valence-electron chi connectivity index (χ0n) is 19.4. The quantitative estimate of drug-likeness (QED) is 0.196. The molecule has 0 aliphatic rings. The molecule has 0 saturated carbocycles. The molecule has 0 fully saturated rings. The highest BCUT2D eigenvalue weighted by atomic mass is 35.5. The van der Waals surface area contributed by atoms with Crippen molar-refractivity contribution < 1.29 is 8.83 Å². The molecule has 8 rings (SSSR count). The smallest absolute Gasteiger partial charge is 0.143 e. The second-order valence-corrected chi connectivity index (χ2v) is 11.0. The molecule has 6 aromatic carbocycles. The highest BCUT2D eigenvalue weighted by Gasteiger charge is 2.18. The molecule has 182 valence electrons. The van der Waals surface area contributed by atoms with Crippen molar-refractivity contribution in [1.29, 1.82) is 0 Å². The van der Waals surface area contributed by atoms with E-state index >= 15 is 0 Å². The van der Waals surface area contributed by atoms with Crippen LogP contribution >= 0.6 is 46.4 Å². The molecular weight excluding hydrogens is 558 g/mol. The number of halogens is 4. The van der Waals surface area contributed by atoms with Gasteiger partial charge < -0.3 is 8.83 Å². The van der Waals surface area contributed by atoms with Crippen LogP contribution in [0.2, 0.25) is 20.1 Å². The number of hydrogen-bond acceptors (Lipinski definition) is 2. The normalized spacial score (nSPS) is 12.2. The molecular formula is C32H14Cl4O2. The molecule has 2 heterocycles. The van der Waals surface area contributed by atoms with Crippen LogP contribution in [-0.4, -0.2) is 0 Å². The first-order chi connectivity index (χ1) is 18.5. The first kappa shape index (κ1) is 22.6. The molecule has 2 nitrogen and oxygen atoms in total. The molecule has 0 bridgehead atoms. The summed E-state index contributed by atoms with van der Waals surface area (Å²) in [7, 11) is 0. The zero-order valence-corrected chi connectivity index (χ0v) is 22.4. The number of rotatable bonds is 1. The Balaban J connectivity index is 1.37. The lowest BCUT2D eigenvalue weighted by Crippen LogP contribution is -1.80. The molecule has 38 heavy (non-hydrogen) atoms. The van der Waals surface area contributed by atoms with Crippen molar-refractivity contribution in [2.24, 2.45) is 0 Å². The minimum atomic E-state index is 0.599. The standard InChI is InChI=1S/C32H14Cl4O2/c33-23-5-1-3-17-29(23)25(35)13-21-19-11-15(7-9-27(19)37-31(17)21)16-8-10-28-20(12-16)22-14-26(36)30-18(32(22)38-28)4-2-6-24(30)34/h1-14H. The van der Waals surface area contributed by atoms with Crippen LogP contribution in [0.5, 0.6) is 0 Å². The number of fused-ring (bicyclic) bond motifs is 10. The Morgan fingerprint density at radius 3 is 1.29 bits per heavy atom. The summed E-state index contributed by atoms with van der Waals surface area (Å²) in [6.07, 6.45) is 0. The van der Waals surface area contributed by atoms with E-state index in [1.165, 1.54) is 0 Å². The first-order valence-corrected chi connectivity index (χ1v) is 13.5. The molecule has 0 spiro atoms. The van der Waals surface area contributed by atoms with Crippen LogP contribution in [0.15, 0.2) is 93.8 Å². The van der Waals surface area contributed by atoms with Crippen LogP contribution in [0.3, 0.4) is 0 Å². The summed E-state index contributed by atoms with van der Waals surface area (Å²) in [6, 6.07) is 27.7. The maximum Gasteiger partial charge on any atom is 0.143 e. The second-order valence-electron chi connectivity index (χ2n) is 9.42. The van der Waals surface area contributed by atoms with Crippen LogP contribution in [0.4, 0.5) is 0 Å². The summed E-state index contributed by atoms with van der Waals surface area (Å²) in [4.78, 5) is 0. The predicted octanol–water partition coefficient (Wildman–Crippen LogP) is 12.1. The lowest BCUT2D eigenvalue weighted by Gasteiger charge is -2.05.